The topological polar surface area (TPSA) is 64.3 Å². The van der Waals surface area contributed by atoms with Crippen LogP contribution in [0.4, 0.5) is 0 Å². The molecule has 4 heteroatoms. The van der Waals surface area contributed by atoms with Gasteiger partial charge in [-0.15, -0.1) is 0 Å². The Morgan fingerprint density at radius 2 is 2.00 bits per heavy atom. The zero-order chi connectivity index (χ0) is 13.2. The van der Waals surface area contributed by atoms with Gasteiger partial charge in [-0.3, -0.25) is 4.79 Å². The summed E-state index contributed by atoms with van der Waals surface area (Å²) in [6.45, 7) is 4.20. The molecule has 0 heterocycles. The predicted molar refractivity (Wildman–Crippen MR) is 73.3 cm³/mol. The maximum atomic E-state index is 11.7. The van der Waals surface area contributed by atoms with Gasteiger partial charge in [0.15, 0.2) is 0 Å². The van der Waals surface area contributed by atoms with E-state index in [0.29, 0.717) is 31.5 Å². The Kier molecular flexibility index (Phi) is 8.01. The van der Waals surface area contributed by atoms with Gasteiger partial charge in [0.25, 0.3) is 0 Å². The molecule has 0 aromatic carbocycles. The third-order valence-electron chi connectivity index (χ3n) is 3.58. The number of rotatable bonds is 8. The van der Waals surface area contributed by atoms with Crippen LogP contribution in [-0.4, -0.2) is 31.7 Å². The molecule has 0 aliphatic heterocycles. The lowest BCUT2D eigenvalue weighted by atomic mass is 9.84. The van der Waals surface area contributed by atoms with E-state index in [-0.39, 0.29) is 5.91 Å². The Balaban J connectivity index is 1.97. The molecule has 0 atom stereocenters. The van der Waals surface area contributed by atoms with Crippen LogP contribution in [0.15, 0.2) is 0 Å². The summed E-state index contributed by atoms with van der Waals surface area (Å²) in [5.41, 5.74) is 5.85. The smallest absolute Gasteiger partial charge is 0.220 e. The van der Waals surface area contributed by atoms with Crippen LogP contribution in [0.3, 0.4) is 0 Å². The average molecular weight is 256 g/mol. The molecule has 0 aromatic heterocycles. The molecule has 1 fully saturated rings. The molecule has 0 radical (unpaired) electrons. The second kappa shape index (κ2) is 9.34. The zero-order valence-electron chi connectivity index (χ0n) is 11.6. The lowest BCUT2D eigenvalue weighted by Crippen LogP contribution is -2.32. The minimum Gasteiger partial charge on any atom is -0.380 e. The number of hydrogen-bond acceptors (Lipinski definition) is 3. The molecule has 18 heavy (non-hydrogen) atoms. The van der Waals surface area contributed by atoms with Gasteiger partial charge in [0, 0.05) is 25.6 Å². The van der Waals surface area contributed by atoms with Crippen LogP contribution in [0.5, 0.6) is 0 Å². The number of unbranched alkanes of at least 4 members (excludes halogenated alkanes) is 1. The van der Waals surface area contributed by atoms with Gasteiger partial charge in [-0.1, -0.05) is 13.3 Å². The monoisotopic (exact) mass is 256 g/mol. The molecular formula is C14H28N2O2. The van der Waals surface area contributed by atoms with Gasteiger partial charge in [-0.25, -0.2) is 0 Å². The van der Waals surface area contributed by atoms with Gasteiger partial charge >= 0.3 is 0 Å². The quantitative estimate of drug-likeness (QED) is 0.651. The first-order valence-corrected chi connectivity index (χ1v) is 7.32. The van der Waals surface area contributed by atoms with Gasteiger partial charge in [-0.2, -0.15) is 0 Å². The van der Waals surface area contributed by atoms with Crippen molar-refractivity contribution in [1.82, 2.24) is 5.32 Å². The third kappa shape index (κ3) is 6.97. The van der Waals surface area contributed by atoms with Crippen molar-refractivity contribution in [2.45, 2.75) is 57.9 Å². The maximum Gasteiger partial charge on any atom is 0.220 e. The van der Waals surface area contributed by atoms with Gasteiger partial charge in [-0.05, 0) is 38.0 Å². The molecule has 4 nitrogen and oxygen atoms in total. The van der Waals surface area contributed by atoms with Gasteiger partial charge in [0.1, 0.15) is 0 Å². The Morgan fingerprint density at radius 3 is 2.67 bits per heavy atom. The number of carbonyl (C=O) groups excluding carboxylic acids is 1. The number of nitrogens with two attached hydrogens (primary N) is 1. The fourth-order valence-corrected chi connectivity index (χ4v) is 2.34. The Bertz CT molecular complexity index is 226. The molecule has 3 N–H and O–H groups in total. The average Bonchev–Trinajstić information content (AvgIpc) is 2.36. The second-order valence-electron chi connectivity index (χ2n) is 5.30. The summed E-state index contributed by atoms with van der Waals surface area (Å²) in [5, 5.41) is 2.92. The molecule has 1 amide bonds. The summed E-state index contributed by atoms with van der Waals surface area (Å²) in [6.07, 6.45) is 7.23. The predicted octanol–water partition coefficient (Wildman–Crippen LogP) is 1.83. The highest BCUT2D eigenvalue weighted by Crippen LogP contribution is 2.25. The molecule has 106 valence electrons. The fourth-order valence-electron chi connectivity index (χ4n) is 2.34. The van der Waals surface area contributed by atoms with Crippen LogP contribution in [0.1, 0.15) is 51.9 Å². The molecule has 1 aliphatic rings. The second-order valence-corrected chi connectivity index (χ2v) is 5.30. The lowest BCUT2D eigenvalue weighted by Gasteiger charge is -2.25. The summed E-state index contributed by atoms with van der Waals surface area (Å²) in [6, 6.07) is 0.358. The van der Waals surface area contributed by atoms with E-state index < -0.39 is 0 Å². The molecule has 1 saturated carbocycles. The van der Waals surface area contributed by atoms with Crippen molar-refractivity contribution in [1.29, 1.82) is 0 Å². The Labute approximate surface area is 111 Å². The molecule has 0 bridgehead atoms. The van der Waals surface area contributed by atoms with Crippen LogP contribution in [0.2, 0.25) is 0 Å². The van der Waals surface area contributed by atoms with Gasteiger partial charge < -0.3 is 15.8 Å². The molecule has 1 aliphatic carbocycles. The van der Waals surface area contributed by atoms with E-state index in [4.69, 9.17) is 10.5 Å². The minimum absolute atomic E-state index is 0.162. The van der Waals surface area contributed by atoms with Crippen molar-refractivity contribution < 1.29 is 9.53 Å². The summed E-state index contributed by atoms with van der Waals surface area (Å²) >= 11 is 0. The van der Waals surface area contributed by atoms with Crippen molar-refractivity contribution in [3.63, 3.8) is 0 Å². The minimum atomic E-state index is 0.162. The zero-order valence-corrected chi connectivity index (χ0v) is 11.6. The van der Waals surface area contributed by atoms with Crippen LogP contribution in [0.25, 0.3) is 0 Å². The van der Waals surface area contributed by atoms with E-state index in [9.17, 15) is 4.79 Å². The normalized spacial score (nSPS) is 23.9. The Hall–Kier alpha value is -0.610. The molecule has 0 aromatic rings. The van der Waals surface area contributed by atoms with Crippen molar-refractivity contribution in [2.24, 2.45) is 11.7 Å². The van der Waals surface area contributed by atoms with E-state index in [1.807, 2.05) is 0 Å². The van der Waals surface area contributed by atoms with Crippen LogP contribution >= 0.6 is 0 Å². The standard InChI is InChI=1S/C14H28N2O2/c1-2-3-9-18-10-8-16-14(17)11-12-4-6-13(15)7-5-12/h12-13H,2-11,15H2,1H3,(H,16,17). The summed E-state index contributed by atoms with van der Waals surface area (Å²) in [7, 11) is 0. The first kappa shape index (κ1) is 15.4. The SMILES string of the molecule is CCCCOCCNC(=O)CC1CCC(N)CC1. The highest BCUT2D eigenvalue weighted by Gasteiger charge is 2.20. The van der Waals surface area contributed by atoms with Crippen molar-refractivity contribution >= 4 is 5.91 Å². The van der Waals surface area contributed by atoms with Crippen molar-refractivity contribution in [2.75, 3.05) is 19.8 Å². The van der Waals surface area contributed by atoms with E-state index in [0.717, 1.165) is 45.1 Å². The number of hydrogen-bond donors (Lipinski definition) is 2. The molecule has 0 spiro atoms. The number of carbonyl (C=O) groups is 1. The summed E-state index contributed by atoms with van der Waals surface area (Å²) in [5.74, 6) is 0.695. The largest absolute Gasteiger partial charge is 0.380 e. The maximum absolute atomic E-state index is 11.7. The van der Waals surface area contributed by atoms with Crippen LogP contribution < -0.4 is 11.1 Å². The summed E-state index contributed by atoms with van der Waals surface area (Å²) < 4.78 is 5.40. The lowest BCUT2D eigenvalue weighted by molar-refractivity contribution is -0.122. The molecule has 1 rings (SSSR count). The first-order valence-electron chi connectivity index (χ1n) is 7.32. The van der Waals surface area contributed by atoms with E-state index >= 15 is 0 Å². The molecular weight excluding hydrogens is 228 g/mol. The van der Waals surface area contributed by atoms with Crippen molar-refractivity contribution in [3.8, 4) is 0 Å². The van der Waals surface area contributed by atoms with Crippen LogP contribution in [0, 0.1) is 5.92 Å². The highest BCUT2D eigenvalue weighted by molar-refractivity contribution is 5.76. The van der Waals surface area contributed by atoms with Gasteiger partial charge in [0.2, 0.25) is 5.91 Å². The number of amides is 1. The van der Waals surface area contributed by atoms with Crippen LogP contribution in [-0.2, 0) is 9.53 Å². The fraction of sp³-hybridized carbons (Fsp3) is 0.929. The Morgan fingerprint density at radius 1 is 1.28 bits per heavy atom. The van der Waals surface area contributed by atoms with E-state index in [2.05, 4.69) is 12.2 Å². The van der Waals surface area contributed by atoms with Crippen molar-refractivity contribution in [3.05, 3.63) is 0 Å². The summed E-state index contributed by atoms with van der Waals surface area (Å²) in [4.78, 5) is 11.7. The van der Waals surface area contributed by atoms with Gasteiger partial charge in [0.05, 0.1) is 6.61 Å². The number of ether oxygens (including phenoxy) is 1. The van der Waals surface area contributed by atoms with E-state index in [1.165, 1.54) is 0 Å². The molecule has 0 saturated heterocycles. The number of nitrogens with one attached hydrogen (secondary N) is 1. The third-order valence-corrected chi connectivity index (χ3v) is 3.58. The highest BCUT2D eigenvalue weighted by atomic mass is 16.5. The first-order chi connectivity index (χ1) is 8.72. The van der Waals surface area contributed by atoms with E-state index in [1.54, 1.807) is 0 Å². The molecule has 0 unspecified atom stereocenters.